The predicted molar refractivity (Wildman–Crippen MR) is 86.6 cm³/mol. The quantitative estimate of drug-likeness (QED) is 0.696. The van der Waals surface area contributed by atoms with Crippen LogP contribution in [0.15, 0.2) is 12.3 Å². The zero-order chi connectivity index (χ0) is 16.2. The molecular weight excluding hydrogens is 314 g/mol. The lowest BCUT2D eigenvalue weighted by molar-refractivity contribution is 0.101. The molecule has 120 valence electrons. The highest BCUT2D eigenvalue weighted by atomic mass is 32.1. The molecule has 1 N–H and O–H groups in total. The molecule has 9 heteroatoms. The summed E-state index contributed by atoms with van der Waals surface area (Å²) in [4.78, 5) is 20.4. The minimum atomic E-state index is -0.411. The third-order valence-corrected chi connectivity index (χ3v) is 4.21. The number of anilines is 1. The number of aromatic nitrogens is 6. The fourth-order valence-corrected chi connectivity index (χ4v) is 2.86. The number of unbranched alkanes of at least 4 members (excludes halogenated alkanes) is 2. The predicted octanol–water partition coefficient (Wildman–Crippen LogP) is 2.27. The maximum absolute atomic E-state index is 12.2. The van der Waals surface area contributed by atoms with Gasteiger partial charge < -0.3 is 0 Å². The first-order valence-corrected chi connectivity index (χ1v) is 8.31. The molecule has 3 rings (SSSR count). The van der Waals surface area contributed by atoms with Crippen LogP contribution in [0.2, 0.25) is 0 Å². The molecule has 8 nitrogen and oxygen atoms in total. The van der Waals surface area contributed by atoms with Crippen LogP contribution < -0.4 is 5.32 Å². The van der Waals surface area contributed by atoms with E-state index in [1.54, 1.807) is 12.3 Å². The summed E-state index contributed by atoms with van der Waals surface area (Å²) in [6.45, 7) is 4.03. The molecule has 0 aliphatic heterocycles. The highest BCUT2D eigenvalue weighted by Gasteiger charge is 2.16. The summed E-state index contributed by atoms with van der Waals surface area (Å²) in [5, 5.41) is 16.3. The van der Waals surface area contributed by atoms with Crippen LogP contribution in [0.25, 0.3) is 5.78 Å². The molecule has 3 aromatic rings. The fourth-order valence-electron chi connectivity index (χ4n) is 2.09. The lowest BCUT2D eigenvalue weighted by atomic mass is 10.2. The molecule has 0 radical (unpaired) electrons. The molecule has 0 fully saturated rings. The smallest absolute Gasteiger partial charge is 0.294 e. The fraction of sp³-hybridized carbons (Fsp3) is 0.429. The number of carbonyl (C=O) groups is 1. The average Bonchev–Trinajstić information content (AvgIpc) is 3.15. The van der Waals surface area contributed by atoms with Gasteiger partial charge in [-0.3, -0.25) is 10.1 Å². The molecule has 0 atom stereocenters. The molecule has 0 aliphatic carbocycles. The Morgan fingerprint density at radius 3 is 3.00 bits per heavy atom. The van der Waals surface area contributed by atoms with Crippen molar-refractivity contribution in [3.63, 3.8) is 0 Å². The van der Waals surface area contributed by atoms with Crippen LogP contribution in [0.4, 0.5) is 5.13 Å². The highest BCUT2D eigenvalue weighted by Crippen LogP contribution is 2.18. The number of aryl methyl sites for hydroxylation is 2. The van der Waals surface area contributed by atoms with Crippen molar-refractivity contribution in [1.29, 1.82) is 0 Å². The zero-order valence-corrected chi connectivity index (χ0v) is 13.8. The van der Waals surface area contributed by atoms with Crippen LogP contribution in [-0.2, 0) is 6.42 Å². The first kappa shape index (κ1) is 15.5. The molecule has 0 spiro atoms. The van der Waals surface area contributed by atoms with Gasteiger partial charge in [-0.1, -0.05) is 31.1 Å². The third kappa shape index (κ3) is 3.50. The van der Waals surface area contributed by atoms with Gasteiger partial charge >= 0.3 is 0 Å². The van der Waals surface area contributed by atoms with Gasteiger partial charge in [-0.05, 0) is 19.4 Å². The van der Waals surface area contributed by atoms with Crippen molar-refractivity contribution in [1.82, 2.24) is 29.8 Å². The Bertz CT molecular complexity index is 826. The number of amides is 1. The monoisotopic (exact) mass is 331 g/mol. The molecule has 0 saturated carbocycles. The van der Waals surface area contributed by atoms with E-state index in [4.69, 9.17) is 0 Å². The number of carbonyl (C=O) groups excluding carboxylic acids is 1. The number of hydrogen-bond acceptors (Lipinski definition) is 7. The number of nitrogens with zero attached hydrogens (tertiary/aromatic N) is 6. The number of fused-ring (bicyclic) bond motifs is 1. The molecule has 0 aliphatic rings. The summed E-state index contributed by atoms with van der Waals surface area (Å²) >= 11 is 1.38. The van der Waals surface area contributed by atoms with Crippen LogP contribution in [0, 0.1) is 6.92 Å². The summed E-state index contributed by atoms with van der Waals surface area (Å²) in [6, 6.07) is 1.80. The minimum Gasteiger partial charge on any atom is -0.294 e. The SMILES string of the molecule is CCCCCc1nnc(NC(=O)c2nc3nccc(C)n3n2)s1. The molecule has 0 saturated heterocycles. The van der Waals surface area contributed by atoms with Gasteiger partial charge in [0.05, 0.1) is 0 Å². The third-order valence-electron chi connectivity index (χ3n) is 3.31. The van der Waals surface area contributed by atoms with E-state index >= 15 is 0 Å². The number of nitrogens with one attached hydrogen (secondary N) is 1. The van der Waals surface area contributed by atoms with Crippen LogP contribution in [0.3, 0.4) is 0 Å². The Kier molecular flexibility index (Phi) is 4.56. The van der Waals surface area contributed by atoms with Gasteiger partial charge in [0, 0.05) is 18.3 Å². The van der Waals surface area contributed by atoms with Crippen LogP contribution in [0.5, 0.6) is 0 Å². The highest BCUT2D eigenvalue weighted by molar-refractivity contribution is 7.15. The zero-order valence-electron chi connectivity index (χ0n) is 13.0. The number of rotatable bonds is 6. The van der Waals surface area contributed by atoms with E-state index < -0.39 is 5.91 Å². The molecule has 3 heterocycles. The summed E-state index contributed by atoms with van der Waals surface area (Å²) in [5.74, 6) is 0.0494. The van der Waals surface area contributed by atoms with Crippen molar-refractivity contribution in [2.45, 2.75) is 39.5 Å². The second-order valence-corrected chi connectivity index (χ2v) is 6.21. The first-order chi connectivity index (χ1) is 11.2. The van der Waals surface area contributed by atoms with Crippen molar-refractivity contribution < 1.29 is 4.79 Å². The van der Waals surface area contributed by atoms with Crippen molar-refractivity contribution in [3.8, 4) is 0 Å². The molecule has 0 bridgehead atoms. The molecule has 3 aromatic heterocycles. The topological polar surface area (TPSA) is 98.0 Å². The Labute approximate surface area is 137 Å². The maximum Gasteiger partial charge on any atom is 0.297 e. The van der Waals surface area contributed by atoms with Gasteiger partial charge in [0.15, 0.2) is 0 Å². The van der Waals surface area contributed by atoms with Crippen molar-refractivity contribution in [2.75, 3.05) is 5.32 Å². The van der Waals surface area contributed by atoms with E-state index in [9.17, 15) is 4.79 Å². The van der Waals surface area contributed by atoms with E-state index in [0.717, 1.165) is 30.0 Å². The second-order valence-electron chi connectivity index (χ2n) is 5.15. The summed E-state index contributed by atoms with van der Waals surface area (Å²) in [5.41, 5.74) is 0.857. The Morgan fingerprint density at radius 2 is 2.22 bits per heavy atom. The van der Waals surface area contributed by atoms with Crippen molar-refractivity contribution in [3.05, 3.63) is 28.8 Å². The van der Waals surface area contributed by atoms with Crippen molar-refractivity contribution in [2.24, 2.45) is 0 Å². The Hall–Kier alpha value is -2.42. The largest absolute Gasteiger partial charge is 0.297 e. The van der Waals surface area contributed by atoms with Gasteiger partial charge in [-0.15, -0.1) is 15.3 Å². The van der Waals surface area contributed by atoms with Gasteiger partial charge in [0.2, 0.25) is 11.0 Å². The standard InChI is InChI=1S/C14H17N7OS/c1-3-4-5-6-10-18-19-14(23-10)17-12(22)11-16-13-15-8-7-9(2)21(13)20-11/h7-8H,3-6H2,1-2H3,(H,17,19,22). The van der Waals surface area contributed by atoms with Crippen molar-refractivity contribution >= 4 is 28.2 Å². The Balaban J connectivity index is 1.69. The Morgan fingerprint density at radius 1 is 1.35 bits per heavy atom. The average molecular weight is 331 g/mol. The molecular formula is C14H17N7OS. The summed E-state index contributed by atoms with van der Waals surface area (Å²) < 4.78 is 1.53. The van der Waals surface area contributed by atoms with Gasteiger partial charge in [0.1, 0.15) is 5.01 Å². The van der Waals surface area contributed by atoms with E-state index in [2.05, 4.69) is 37.5 Å². The lowest BCUT2D eigenvalue weighted by Crippen LogP contribution is -2.13. The first-order valence-electron chi connectivity index (χ1n) is 7.49. The van der Waals surface area contributed by atoms with Crippen LogP contribution >= 0.6 is 11.3 Å². The van der Waals surface area contributed by atoms with Gasteiger partial charge in [-0.25, -0.2) is 9.50 Å². The number of hydrogen-bond donors (Lipinski definition) is 1. The molecule has 23 heavy (non-hydrogen) atoms. The molecule has 0 unspecified atom stereocenters. The van der Waals surface area contributed by atoms with Crippen LogP contribution in [0.1, 0.15) is 47.5 Å². The molecule has 1 amide bonds. The van der Waals surface area contributed by atoms with E-state index in [1.807, 2.05) is 6.92 Å². The summed E-state index contributed by atoms with van der Waals surface area (Å²) in [7, 11) is 0. The molecule has 0 aromatic carbocycles. The van der Waals surface area contributed by atoms with E-state index in [-0.39, 0.29) is 5.82 Å². The maximum atomic E-state index is 12.2. The second kappa shape index (κ2) is 6.78. The summed E-state index contributed by atoms with van der Waals surface area (Å²) in [6.07, 6.45) is 5.93. The van der Waals surface area contributed by atoms with Crippen LogP contribution in [-0.4, -0.2) is 35.7 Å². The minimum absolute atomic E-state index is 0.0644. The van der Waals surface area contributed by atoms with Gasteiger partial charge in [0.25, 0.3) is 11.7 Å². The van der Waals surface area contributed by atoms with Gasteiger partial charge in [-0.2, -0.15) is 4.98 Å². The van der Waals surface area contributed by atoms with E-state index in [1.165, 1.54) is 22.3 Å². The normalized spacial score (nSPS) is 11.0. The lowest BCUT2D eigenvalue weighted by Gasteiger charge is -1.95. The van der Waals surface area contributed by atoms with E-state index in [0.29, 0.717) is 10.9 Å².